The first-order chi connectivity index (χ1) is 13.7. The summed E-state index contributed by atoms with van der Waals surface area (Å²) in [6.45, 7) is 1.42. The van der Waals surface area contributed by atoms with E-state index in [-0.39, 0.29) is 11.6 Å². The predicted octanol–water partition coefficient (Wildman–Crippen LogP) is 3.90. The standard InChI is InChI=1S/C20H17N5O3/c21-13-16-12-17(25(26)27)6-7-18(16)24-10-8-15(9-11-24)20-22-19(23-28-20)14-4-2-1-3-5-14/h1-7,12,15H,8-11H2. The number of nitriles is 1. The number of rotatable bonds is 4. The first-order valence-corrected chi connectivity index (χ1v) is 8.98. The lowest BCUT2D eigenvalue weighted by molar-refractivity contribution is -0.384. The number of benzene rings is 2. The first kappa shape index (κ1) is 17.7. The molecule has 0 amide bonds. The Bertz CT molecular complexity index is 1030. The van der Waals surface area contributed by atoms with E-state index in [1.807, 2.05) is 30.3 Å². The highest BCUT2D eigenvalue weighted by atomic mass is 16.6. The van der Waals surface area contributed by atoms with E-state index in [1.54, 1.807) is 6.07 Å². The minimum Gasteiger partial charge on any atom is -0.370 e. The van der Waals surface area contributed by atoms with Gasteiger partial charge in [-0.05, 0) is 18.9 Å². The van der Waals surface area contributed by atoms with Gasteiger partial charge in [-0.1, -0.05) is 35.5 Å². The van der Waals surface area contributed by atoms with Crippen LogP contribution in [0.2, 0.25) is 0 Å². The number of hydrogen-bond donors (Lipinski definition) is 0. The van der Waals surface area contributed by atoms with Crippen LogP contribution < -0.4 is 4.90 Å². The molecule has 28 heavy (non-hydrogen) atoms. The number of anilines is 1. The van der Waals surface area contributed by atoms with E-state index in [0.29, 0.717) is 30.4 Å². The molecule has 1 aliphatic rings. The maximum atomic E-state index is 10.9. The predicted molar refractivity (Wildman–Crippen MR) is 102 cm³/mol. The second-order valence-corrected chi connectivity index (χ2v) is 6.65. The Labute approximate surface area is 161 Å². The van der Waals surface area contributed by atoms with E-state index in [4.69, 9.17) is 4.52 Å². The van der Waals surface area contributed by atoms with Gasteiger partial charge in [-0.3, -0.25) is 10.1 Å². The van der Waals surface area contributed by atoms with Gasteiger partial charge in [0.25, 0.3) is 5.69 Å². The summed E-state index contributed by atoms with van der Waals surface area (Å²) in [5.41, 5.74) is 1.88. The van der Waals surface area contributed by atoms with Crippen molar-refractivity contribution in [2.75, 3.05) is 18.0 Å². The smallest absolute Gasteiger partial charge is 0.270 e. The van der Waals surface area contributed by atoms with Gasteiger partial charge >= 0.3 is 0 Å². The van der Waals surface area contributed by atoms with Crippen LogP contribution in [0.15, 0.2) is 53.1 Å². The second kappa shape index (κ2) is 7.48. The SMILES string of the molecule is N#Cc1cc([N+](=O)[O-])ccc1N1CCC(c2nc(-c3ccccc3)no2)CC1. The molecule has 8 heteroatoms. The first-order valence-electron chi connectivity index (χ1n) is 8.98. The molecule has 4 rings (SSSR count). The average molecular weight is 375 g/mol. The highest BCUT2D eigenvalue weighted by Gasteiger charge is 2.27. The molecule has 1 fully saturated rings. The Hall–Kier alpha value is -3.73. The zero-order valence-electron chi connectivity index (χ0n) is 15.0. The summed E-state index contributed by atoms with van der Waals surface area (Å²) in [5.74, 6) is 1.37. The maximum absolute atomic E-state index is 10.9. The van der Waals surface area contributed by atoms with Crippen molar-refractivity contribution in [3.8, 4) is 17.5 Å². The molecule has 3 aromatic rings. The summed E-state index contributed by atoms with van der Waals surface area (Å²) in [4.78, 5) is 17.1. The molecule has 0 aliphatic carbocycles. The third-order valence-electron chi connectivity index (χ3n) is 4.97. The number of hydrogen-bond acceptors (Lipinski definition) is 7. The van der Waals surface area contributed by atoms with Crippen LogP contribution in [-0.2, 0) is 0 Å². The summed E-state index contributed by atoms with van der Waals surface area (Å²) in [6.07, 6.45) is 1.61. The van der Waals surface area contributed by atoms with Crippen molar-refractivity contribution in [1.29, 1.82) is 5.26 Å². The van der Waals surface area contributed by atoms with Crippen molar-refractivity contribution < 1.29 is 9.45 Å². The van der Waals surface area contributed by atoms with Crippen molar-refractivity contribution in [1.82, 2.24) is 10.1 Å². The number of nitro benzene ring substituents is 1. The van der Waals surface area contributed by atoms with Crippen molar-refractivity contribution in [2.24, 2.45) is 0 Å². The molecule has 140 valence electrons. The van der Waals surface area contributed by atoms with Crippen LogP contribution in [0.4, 0.5) is 11.4 Å². The lowest BCUT2D eigenvalue weighted by Crippen LogP contribution is -2.33. The largest absolute Gasteiger partial charge is 0.370 e. The van der Waals surface area contributed by atoms with Crippen LogP contribution in [-0.4, -0.2) is 28.2 Å². The summed E-state index contributed by atoms with van der Waals surface area (Å²) in [6, 6.07) is 16.2. The van der Waals surface area contributed by atoms with Crippen LogP contribution in [0.1, 0.15) is 30.2 Å². The van der Waals surface area contributed by atoms with Crippen LogP contribution in [0.25, 0.3) is 11.4 Å². The summed E-state index contributed by atoms with van der Waals surface area (Å²) in [7, 11) is 0. The number of nitro groups is 1. The lowest BCUT2D eigenvalue weighted by Gasteiger charge is -2.32. The molecule has 0 spiro atoms. The molecule has 1 aliphatic heterocycles. The molecule has 2 aromatic carbocycles. The topological polar surface area (TPSA) is 109 Å². The van der Waals surface area contributed by atoms with E-state index in [2.05, 4.69) is 21.1 Å². The van der Waals surface area contributed by atoms with E-state index >= 15 is 0 Å². The zero-order valence-corrected chi connectivity index (χ0v) is 15.0. The zero-order chi connectivity index (χ0) is 19.5. The van der Waals surface area contributed by atoms with Crippen molar-refractivity contribution >= 4 is 11.4 Å². The molecule has 8 nitrogen and oxygen atoms in total. The molecule has 0 atom stereocenters. The highest BCUT2D eigenvalue weighted by Crippen LogP contribution is 2.33. The van der Waals surface area contributed by atoms with E-state index in [9.17, 15) is 15.4 Å². The summed E-state index contributed by atoms with van der Waals surface area (Å²) in [5, 5.41) is 24.4. The van der Waals surface area contributed by atoms with Gasteiger partial charge in [0.15, 0.2) is 0 Å². The van der Waals surface area contributed by atoms with Gasteiger partial charge in [-0.15, -0.1) is 0 Å². The van der Waals surface area contributed by atoms with Crippen LogP contribution in [0.3, 0.4) is 0 Å². The quantitative estimate of drug-likeness (QED) is 0.502. The van der Waals surface area contributed by atoms with Gasteiger partial charge in [0.05, 0.1) is 16.2 Å². The molecule has 2 heterocycles. The van der Waals surface area contributed by atoms with Gasteiger partial charge in [0.2, 0.25) is 11.7 Å². The lowest BCUT2D eigenvalue weighted by atomic mass is 9.95. The number of aromatic nitrogens is 2. The molecule has 1 saturated heterocycles. The van der Waals surface area contributed by atoms with Crippen LogP contribution in [0.5, 0.6) is 0 Å². The minimum atomic E-state index is -0.489. The molecule has 1 aromatic heterocycles. The van der Waals surface area contributed by atoms with Crippen molar-refractivity contribution in [2.45, 2.75) is 18.8 Å². The fourth-order valence-corrected chi connectivity index (χ4v) is 3.48. The van der Waals surface area contributed by atoms with E-state index in [0.717, 1.165) is 24.1 Å². The fourth-order valence-electron chi connectivity index (χ4n) is 3.48. The Morgan fingerprint density at radius 1 is 1.18 bits per heavy atom. The molecular formula is C20H17N5O3. The Morgan fingerprint density at radius 3 is 2.61 bits per heavy atom. The Morgan fingerprint density at radius 2 is 1.93 bits per heavy atom. The fraction of sp³-hybridized carbons (Fsp3) is 0.250. The second-order valence-electron chi connectivity index (χ2n) is 6.65. The van der Waals surface area contributed by atoms with Crippen molar-refractivity contribution in [3.05, 3.63) is 70.1 Å². The molecule has 0 N–H and O–H groups in total. The van der Waals surface area contributed by atoms with E-state index < -0.39 is 4.92 Å². The number of nitrogens with zero attached hydrogens (tertiary/aromatic N) is 5. The molecule has 0 radical (unpaired) electrons. The van der Waals surface area contributed by atoms with E-state index in [1.165, 1.54) is 12.1 Å². The van der Waals surface area contributed by atoms with Crippen LogP contribution in [0, 0.1) is 21.4 Å². The summed E-state index contributed by atoms with van der Waals surface area (Å²) >= 11 is 0. The molecule has 0 saturated carbocycles. The Kier molecular flexibility index (Phi) is 4.72. The average Bonchev–Trinajstić information content (AvgIpc) is 3.24. The van der Waals surface area contributed by atoms with Gasteiger partial charge in [-0.2, -0.15) is 10.2 Å². The minimum absolute atomic E-state index is 0.0745. The molecule has 0 unspecified atom stereocenters. The van der Waals surface area contributed by atoms with Gasteiger partial charge < -0.3 is 9.42 Å². The third kappa shape index (κ3) is 3.42. The molecule has 0 bridgehead atoms. The number of piperidine rings is 1. The maximum Gasteiger partial charge on any atom is 0.270 e. The van der Waals surface area contributed by atoms with Crippen LogP contribution >= 0.6 is 0 Å². The van der Waals surface area contributed by atoms with Gasteiger partial charge in [0, 0.05) is 36.7 Å². The normalized spacial score (nSPS) is 14.6. The molecular weight excluding hydrogens is 358 g/mol. The van der Waals surface area contributed by atoms with Gasteiger partial charge in [0.1, 0.15) is 6.07 Å². The van der Waals surface area contributed by atoms with Crippen molar-refractivity contribution in [3.63, 3.8) is 0 Å². The number of non-ortho nitro benzene ring substituents is 1. The monoisotopic (exact) mass is 375 g/mol. The Balaban J connectivity index is 1.46. The highest BCUT2D eigenvalue weighted by molar-refractivity contribution is 5.63. The third-order valence-corrected chi connectivity index (χ3v) is 4.97. The van der Waals surface area contributed by atoms with Gasteiger partial charge in [-0.25, -0.2) is 0 Å². The summed E-state index contributed by atoms with van der Waals surface area (Å²) < 4.78 is 5.48.